The lowest BCUT2D eigenvalue weighted by atomic mass is 10.2. The molecular formula is C13H16N4O3+. The highest BCUT2D eigenvalue weighted by molar-refractivity contribution is 5.98. The van der Waals surface area contributed by atoms with Crippen LogP contribution in [0, 0.1) is 4.91 Å². The zero-order valence-corrected chi connectivity index (χ0v) is 10.9. The maximum Gasteiger partial charge on any atom is 0.494 e. The average molecular weight is 276 g/mol. The molecular weight excluding hydrogens is 260 g/mol. The van der Waals surface area contributed by atoms with Gasteiger partial charge in [-0.1, -0.05) is 18.2 Å². The Bertz CT molecular complexity index is 506. The number of benzene rings is 1. The van der Waals surface area contributed by atoms with Crippen molar-refractivity contribution in [1.82, 2.24) is 10.2 Å². The molecule has 1 aromatic carbocycles. The molecule has 0 spiro atoms. The molecule has 1 aliphatic heterocycles. The van der Waals surface area contributed by atoms with E-state index in [4.69, 9.17) is 5.73 Å². The second kappa shape index (κ2) is 6.25. The van der Waals surface area contributed by atoms with E-state index >= 15 is 0 Å². The van der Waals surface area contributed by atoms with Crippen molar-refractivity contribution in [3.05, 3.63) is 35.2 Å². The van der Waals surface area contributed by atoms with E-state index in [0.717, 1.165) is 5.01 Å². The van der Waals surface area contributed by atoms with Crippen LogP contribution in [0.4, 0.5) is 5.69 Å². The summed E-state index contributed by atoms with van der Waals surface area (Å²) in [6.45, 7) is 0.331. The van der Waals surface area contributed by atoms with Crippen LogP contribution in [0.5, 0.6) is 0 Å². The first-order valence-electron chi connectivity index (χ1n) is 6.41. The fourth-order valence-corrected chi connectivity index (χ4v) is 2.36. The van der Waals surface area contributed by atoms with Crippen LogP contribution in [0.3, 0.4) is 0 Å². The number of nitroso groups, excluding NO2 is 1. The van der Waals surface area contributed by atoms with E-state index in [-0.39, 0.29) is 12.5 Å². The summed E-state index contributed by atoms with van der Waals surface area (Å²) in [6.07, 6.45) is 1.23. The molecule has 2 N–H and O–H groups in total. The number of amides is 2. The first-order valence-corrected chi connectivity index (χ1v) is 6.41. The Morgan fingerprint density at radius 1 is 1.35 bits per heavy atom. The van der Waals surface area contributed by atoms with Gasteiger partial charge in [0.15, 0.2) is 0 Å². The van der Waals surface area contributed by atoms with E-state index in [1.165, 1.54) is 4.90 Å². The molecule has 2 amide bonds. The SMILES string of the molecule is NCC(=O)N1CCC[C@H]1C(=O)N([N+]=O)c1ccccc1. The van der Waals surface area contributed by atoms with Crippen LogP contribution in [0.1, 0.15) is 12.8 Å². The van der Waals surface area contributed by atoms with Crippen molar-refractivity contribution < 1.29 is 9.59 Å². The molecule has 0 aromatic heterocycles. The molecule has 7 heteroatoms. The number of hydrogen-bond acceptors (Lipinski definition) is 5. The standard InChI is InChI=1S/C13H16N4O3/c14-9-12(18)16-8-4-7-11(16)13(19)17(15-20)10-5-2-1-3-6-10/h1-3,5-6,11H,4,7-9,14H2/q+1/t11-/m0/s1. The monoisotopic (exact) mass is 276 g/mol. The van der Waals surface area contributed by atoms with Gasteiger partial charge in [-0.15, -0.1) is 0 Å². The van der Waals surface area contributed by atoms with Crippen LogP contribution >= 0.6 is 0 Å². The second-order valence-corrected chi connectivity index (χ2v) is 4.52. The Balaban J connectivity index is 2.20. The van der Waals surface area contributed by atoms with E-state index in [1.54, 1.807) is 30.3 Å². The van der Waals surface area contributed by atoms with Crippen molar-refractivity contribution in [3.63, 3.8) is 0 Å². The Kier molecular flexibility index (Phi) is 4.41. The lowest BCUT2D eigenvalue weighted by Crippen LogP contribution is -2.49. The summed E-state index contributed by atoms with van der Waals surface area (Å²) in [5.74, 6) is -0.787. The number of carbonyl (C=O) groups is 2. The van der Waals surface area contributed by atoms with Gasteiger partial charge >= 0.3 is 11.2 Å². The van der Waals surface area contributed by atoms with Gasteiger partial charge in [0.25, 0.3) is 0 Å². The largest absolute Gasteiger partial charge is 0.494 e. The van der Waals surface area contributed by atoms with Crippen molar-refractivity contribution in [3.8, 4) is 0 Å². The molecule has 0 bridgehead atoms. The van der Waals surface area contributed by atoms with Gasteiger partial charge in [0.05, 0.1) is 6.54 Å². The predicted molar refractivity (Wildman–Crippen MR) is 73.2 cm³/mol. The number of para-hydroxylation sites is 1. The van der Waals surface area contributed by atoms with Gasteiger partial charge in [-0.3, -0.25) is 9.59 Å². The van der Waals surface area contributed by atoms with E-state index in [9.17, 15) is 14.5 Å². The van der Waals surface area contributed by atoms with Crippen molar-refractivity contribution in [2.75, 3.05) is 18.1 Å². The summed E-state index contributed by atoms with van der Waals surface area (Å²) in [4.78, 5) is 36.5. The van der Waals surface area contributed by atoms with Crippen molar-refractivity contribution in [2.45, 2.75) is 18.9 Å². The Hall–Kier alpha value is -2.28. The van der Waals surface area contributed by atoms with Crippen molar-refractivity contribution >= 4 is 17.5 Å². The minimum absolute atomic E-state index is 0.149. The zero-order chi connectivity index (χ0) is 14.5. The molecule has 7 nitrogen and oxygen atoms in total. The van der Waals surface area contributed by atoms with Crippen LogP contribution in [0.2, 0.25) is 0 Å². The molecule has 20 heavy (non-hydrogen) atoms. The summed E-state index contributed by atoms with van der Waals surface area (Å²) in [5.41, 5.74) is 5.72. The minimum atomic E-state index is -0.663. The number of nitrogens with zero attached hydrogens (tertiary/aromatic N) is 3. The molecule has 1 saturated heterocycles. The highest BCUT2D eigenvalue weighted by Gasteiger charge is 2.41. The predicted octanol–water partition coefficient (Wildman–Crippen LogP) is -0.0135. The maximum absolute atomic E-state index is 12.4. The van der Waals surface area contributed by atoms with Gasteiger partial charge in [-0.2, -0.15) is 0 Å². The second-order valence-electron chi connectivity index (χ2n) is 4.52. The summed E-state index contributed by atoms with van der Waals surface area (Å²) in [7, 11) is 0. The van der Waals surface area contributed by atoms with E-state index in [0.29, 0.717) is 25.1 Å². The zero-order valence-electron chi connectivity index (χ0n) is 10.9. The first kappa shape index (κ1) is 14.1. The van der Waals surface area contributed by atoms with E-state index in [2.05, 4.69) is 5.29 Å². The Morgan fingerprint density at radius 3 is 2.65 bits per heavy atom. The van der Waals surface area contributed by atoms with Crippen LogP contribution in [0.25, 0.3) is 0 Å². The number of rotatable bonds is 4. The number of hydrogen-bond donors (Lipinski definition) is 1. The molecule has 0 unspecified atom stereocenters. The summed E-state index contributed by atoms with van der Waals surface area (Å²) < 4.78 is 0. The molecule has 1 aliphatic rings. The number of likely N-dealkylation sites (tertiary alicyclic amines) is 1. The molecule has 1 aromatic rings. The third-order valence-electron chi connectivity index (χ3n) is 3.32. The molecule has 2 rings (SSSR count). The van der Waals surface area contributed by atoms with Gasteiger partial charge in [0.1, 0.15) is 16.6 Å². The Morgan fingerprint density at radius 2 is 2.05 bits per heavy atom. The van der Waals surface area contributed by atoms with Gasteiger partial charge in [0, 0.05) is 11.6 Å². The quantitative estimate of drug-likeness (QED) is 0.782. The fraction of sp³-hybridized carbons (Fsp3) is 0.385. The highest BCUT2D eigenvalue weighted by atomic mass is 16.3. The third-order valence-corrected chi connectivity index (χ3v) is 3.32. The first-order chi connectivity index (χ1) is 9.69. The molecule has 1 heterocycles. The molecule has 1 atom stereocenters. The van der Waals surface area contributed by atoms with Crippen molar-refractivity contribution in [1.29, 1.82) is 0 Å². The smallest absolute Gasteiger partial charge is 0.329 e. The topological polar surface area (TPSA) is 97.8 Å². The van der Waals surface area contributed by atoms with Crippen molar-refractivity contribution in [2.24, 2.45) is 5.73 Å². The maximum atomic E-state index is 12.4. The average Bonchev–Trinajstić information content (AvgIpc) is 2.97. The number of anilines is 1. The lowest BCUT2D eigenvalue weighted by Gasteiger charge is -2.22. The lowest BCUT2D eigenvalue weighted by molar-refractivity contribution is -0.136. The van der Waals surface area contributed by atoms with Crippen LogP contribution in [-0.2, 0) is 9.59 Å². The van der Waals surface area contributed by atoms with Gasteiger partial charge < -0.3 is 10.6 Å². The Labute approximate surface area is 116 Å². The number of nitrogens with two attached hydrogens (primary N) is 1. The van der Waals surface area contributed by atoms with Gasteiger partial charge in [0.2, 0.25) is 5.91 Å². The fourth-order valence-electron chi connectivity index (χ4n) is 2.36. The molecule has 0 aliphatic carbocycles. The van der Waals surface area contributed by atoms with Gasteiger partial charge in [-0.05, 0) is 25.0 Å². The van der Waals surface area contributed by atoms with Gasteiger partial charge in [-0.25, -0.2) is 0 Å². The summed E-state index contributed by atoms with van der Waals surface area (Å²) in [6, 6.07) is 7.75. The highest BCUT2D eigenvalue weighted by Crippen LogP contribution is 2.21. The molecule has 105 valence electrons. The normalized spacial score (nSPS) is 17.9. The van der Waals surface area contributed by atoms with E-state index in [1.807, 2.05) is 0 Å². The third kappa shape index (κ3) is 2.67. The molecule has 1 fully saturated rings. The summed E-state index contributed by atoms with van der Waals surface area (Å²) in [5, 5.41) is 3.59. The van der Waals surface area contributed by atoms with E-state index < -0.39 is 11.9 Å². The van der Waals surface area contributed by atoms with Crippen LogP contribution in [-0.4, -0.2) is 35.8 Å². The molecule has 1 radical (unpaired) electrons. The summed E-state index contributed by atoms with van der Waals surface area (Å²) >= 11 is 0. The number of carbonyl (C=O) groups excluding carboxylic acids is 2. The minimum Gasteiger partial charge on any atom is -0.329 e. The van der Waals surface area contributed by atoms with Crippen LogP contribution < -0.4 is 16.0 Å². The van der Waals surface area contributed by atoms with Crippen LogP contribution in [0.15, 0.2) is 30.3 Å². The molecule has 0 saturated carbocycles.